The molecule has 27 heavy (non-hydrogen) atoms. The first-order chi connectivity index (χ1) is 12.8. The maximum Gasteiger partial charge on any atom is 0.261 e. The van der Waals surface area contributed by atoms with Gasteiger partial charge in [-0.15, -0.1) is 0 Å². The number of halogens is 2. The van der Waals surface area contributed by atoms with E-state index in [2.05, 4.69) is 9.71 Å². The second kappa shape index (κ2) is 7.55. The van der Waals surface area contributed by atoms with Gasteiger partial charge in [0, 0.05) is 17.5 Å². The molecule has 0 bridgehead atoms. The number of hydrogen-bond donors (Lipinski definition) is 2. The molecule has 0 fully saturated rings. The molecule has 0 aliphatic heterocycles. The van der Waals surface area contributed by atoms with Crippen molar-refractivity contribution in [3.63, 3.8) is 0 Å². The Morgan fingerprint density at radius 2 is 1.63 bits per heavy atom. The van der Waals surface area contributed by atoms with E-state index in [-0.39, 0.29) is 16.3 Å². The Balaban J connectivity index is 1.75. The van der Waals surface area contributed by atoms with Crippen LogP contribution in [0.15, 0.2) is 76.6 Å². The molecule has 5 nitrogen and oxygen atoms in total. The summed E-state index contributed by atoms with van der Waals surface area (Å²) >= 11 is 0. The quantitative estimate of drug-likeness (QED) is 0.643. The molecule has 0 spiro atoms. The number of rotatable bonds is 5. The zero-order chi connectivity index (χ0) is 19.4. The van der Waals surface area contributed by atoms with E-state index in [1.807, 2.05) is 0 Å². The number of aliphatic imine (C=N–C) groups is 1. The maximum atomic E-state index is 13.3. The van der Waals surface area contributed by atoms with Gasteiger partial charge in [0.05, 0.1) is 10.6 Å². The second-order valence-corrected chi connectivity index (χ2v) is 7.23. The van der Waals surface area contributed by atoms with Gasteiger partial charge in [0.1, 0.15) is 5.75 Å². The lowest BCUT2D eigenvalue weighted by molar-refractivity contribution is 0.474. The summed E-state index contributed by atoms with van der Waals surface area (Å²) in [6.45, 7) is 0. The first-order valence-corrected chi connectivity index (χ1v) is 9.23. The molecule has 0 amide bonds. The van der Waals surface area contributed by atoms with Crippen LogP contribution in [0.25, 0.3) is 0 Å². The number of para-hydroxylation sites is 1. The number of aromatic hydroxyl groups is 1. The molecule has 3 aromatic rings. The average molecular weight is 388 g/mol. The van der Waals surface area contributed by atoms with Gasteiger partial charge in [0.2, 0.25) is 0 Å². The molecule has 0 aliphatic carbocycles. The molecule has 3 rings (SSSR count). The number of sulfonamides is 1. The van der Waals surface area contributed by atoms with Crippen molar-refractivity contribution < 1.29 is 22.3 Å². The summed E-state index contributed by atoms with van der Waals surface area (Å²) in [6.07, 6.45) is 1.48. The van der Waals surface area contributed by atoms with Crippen LogP contribution in [0.5, 0.6) is 5.75 Å². The van der Waals surface area contributed by atoms with Crippen molar-refractivity contribution in [2.75, 3.05) is 4.72 Å². The van der Waals surface area contributed by atoms with Gasteiger partial charge in [-0.1, -0.05) is 12.1 Å². The van der Waals surface area contributed by atoms with Crippen molar-refractivity contribution in [3.05, 3.63) is 83.9 Å². The molecule has 3 aromatic carbocycles. The molecule has 0 radical (unpaired) electrons. The first kappa shape index (κ1) is 18.5. The third-order valence-corrected chi connectivity index (χ3v) is 4.99. The molecule has 138 valence electrons. The zero-order valence-corrected chi connectivity index (χ0v) is 14.6. The summed E-state index contributed by atoms with van der Waals surface area (Å²) in [5.74, 6) is -2.27. The number of nitrogens with one attached hydrogen (secondary N) is 1. The minimum Gasteiger partial charge on any atom is -0.507 e. The van der Waals surface area contributed by atoms with E-state index in [0.717, 1.165) is 12.1 Å². The number of anilines is 1. The van der Waals surface area contributed by atoms with E-state index in [1.165, 1.54) is 24.4 Å². The molecular weight excluding hydrogens is 374 g/mol. The largest absolute Gasteiger partial charge is 0.507 e. The highest BCUT2D eigenvalue weighted by molar-refractivity contribution is 7.92. The van der Waals surface area contributed by atoms with Crippen LogP contribution in [0.2, 0.25) is 0 Å². The third-order valence-electron chi connectivity index (χ3n) is 3.61. The van der Waals surface area contributed by atoms with Gasteiger partial charge in [-0.05, 0) is 54.6 Å². The van der Waals surface area contributed by atoms with E-state index in [0.29, 0.717) is 17.3 Å². The number of nitrogens with zero attached hydrogens (tertiary/aromatic N) is 1. The van der Waals surface area contributed by atoms with Crippen LogP contribution in [0.1, 0.15) is 5.56 Å². The van der Waals surface area contributed by atoms with Crippen LogP contribution < -0.4 is 4.72 Å². The highest BCUT2D eigenvalue weighted by atomic mass is 32.2. The summed E-state index contributed by atoms with van der Waals surface area (Å²) < 4.78 is 53.0. The normalized spacial score (nSPS) is 11.6. The Morgan fingerprint density at radius 1 is 0.926 bits per heavy atom. The first-order valence-electron chi connectivity index (χ1n) is 7.75. The standard InChI is InChI=1S/C19H14F2N2O3S/c20-17-10-9-16(11-18(17)21)27(25,26)23-15-7-5-14(6-8-15)22-12-13-3-1-2-4-19(13)24/h1-12,23-24H. The van der Waals surface area contributed by atoms with Crippen LogP contribution in [0.4, 0.5) is 20.2 Å². The Labute approximate surface area is 154 Å². The van der Waals surface area contributed by atoms with E-state index in [4.69, 9.17) is 0 Å². The molecular formula is C19H14F2N2O3S. The average Bonchev–Trinajstić information content (AvgIpc) is 2.64. The molecule has 0 heterocycles. The topological polar surface area (TPSA) is 78.8 Å². The molecule has 0 atom stereocenters. The lowest BCUT2D eigenvalue weighted by atomic mass is 10.2. The Morgan fingerprint density at radius 3 is 2.30 bits per heavy atom. The monoisotopic (exact) mass is 388 g/mol. The smallest absolute Gasteiger partial charge is 0.261 e. The molecule has 2 N–H and O–H groups in total. The lowest BCUT2D eigenvalue weighted by Gasteiger charge is -2.08. The molecule has 0 saturated carbocycles. The third kappa shape index (κ3) is 4.48. The van der Waals surface area contributed by atoms with Gasteiger partial charge < -0.3 is 5.11 Å². The number of phenols is 1. The fraction of sp³-hybridized carbons (Fsp3) is 0. The lowest BCUT2D eigenvalue weighted by Crippen LogP contribution is -2.13. The molecule has 0 saturated heterocycles. The van der Waals surface area contributed by atoms with E-state index in [1.54, 1.807) is 30.3 Å². The Kier molecular flexibility index (Phi) is 5.18. The maximum absolute atomic E-state index is 13.3. The van der Waals surface area contributed by atoms with E-state index >= 15 is 0 Å². The Hall–Kier alpha value is -3.26. The van der Waals surface area contributed by atoms with Crippen molar-refractivity contribution in [2.24, 2.45) is 4.99 Å². The summed E-state index contributed by atoms with van der Waals surface area (Å²) in [6, 6.07) is 15.1. The fourth-order valence-corrected chi connectivity index (χ4v) is 3.28. The zero-order valence-electron chi connectivity index (χ0n) is 13.8. The van der Waals surface area contributed by atoms with Gasteiger partial charge in [-0.2, -0.15) is 0 Å². The summed E-state index contributed by atoms with van der Waals surface area (Å²) in [7, 11) is -4.05. The minimum atomic E-state index is -4.05. The SMILES string of the molecule is O=S(=O)(Nc1ccc(N=Cc2ccccc2O)cc1)c1ccc(F)c(F)c1. The van der Waals surface area contributed by atoms with Gasteiger partial charge in [-0.25, -0.2) is 17.2 Å². The van der Waals surface area contributed by atoms with Crippen molar-refractivity contribution in [1.82, 2.24) is 0 Å². The minimum absolute atomic E-state index is 0.0946. The van der Waals surface area contributed by atoms with Crippen molar-refractivity contribution in [3.8, 4) is 5.75 Å². The summed E-state index contributed by atoms with van der Waals surface area (Å²) in [5.41, 5.74) is 1.32. The second-order valence-electron chi connectivity index (χ2n) is 5.55. The van der Waals surface area contributed by atoms with Crippen molar-refractivity contribution >= 4 is 27.6 Å². The van der Waals surface area contributed by atoms with Gasteiger partial charge in [0.25, 0.3) is 10.0 Å². The fourth-order valence-electron chi connectivity index (χ4n) is 2.21. The molecule has 0 aromatic heterocycles. The molecule has 0 unspecified atom stereocenters. The van der Waals surface area contributed by atoms with Gasteiger partial charge in [0.15, 0.2) is 11.6 Å². The molecule has 0 aliphatic rings. The number of hydrogen-bond acceptors (Lipinski definition) is 4. The highest BCUT2D eigenvalue weighted by Gasteiger charge is 2.16. The van der Waals surface area contributed by atoms with E-state index in [9.17, 15) is 22.3 Å². The van der Waals surface area contributed by atoms with Gasteiger partial charge in [-0.3, -0.25) is 9.71 Å². The predicted molar refractivity (Wildman–Crippen MR) is 99.0 cm³/mol. The van der Waals surface area contributed by atoms with E-state index < -0.39 is 21.7 Å². The number of phenolic OH excluding ortho intramolecular Hbond substituents is 1. The van der Waals surface area contributed by atoms with Crippen LogP contribution in [-0.2, 0) is 10.0 Å². The summed E-state index contributed by atoms with van der Waals surface area (Å²) in [4.78, 5) is 3.81. The number of benzene rings is 3. The van der Waals surface area contributed by atoms with Crippen LogP contribution >= 0.6 is 0 Å². The van der Waals surface area contributed by atoms with Crippen molar-refractivity contribution in [2.45, 2.75) is 4.90 Å². The van der Waals surface area contributed by atoms with Crippen LogP contribution in [-0.4, -0.2) is 19.7 Å². The van der Waals surface area contributed by atoms with Crippen molar-refractivity contribution in [1.29, 1.82) is 0 Å². The Bertz CT molecular complexity index is 1100. The highest BCUT2D eigenvalue weighted by Crippen LogP contribution is 2.21. The van der Waals surface area contributed by atoms with Crippen LogP contribution in [0.3, 0.4) is 0 Å². The molecule has 8 heteroatoms. The van der Waals surface area contributed by atoms with Gasteiger partial charge >= 0.3 is 0 Å². The predicted octanol–water partition coefficient (Wildman–Crippen LogP) is 4.22. The summed E-state index contributed by atoms with van der Waals surface area (Å²) in [5, 5.41) is 9.69. The van der Waals surface area contributed by atoms with Crippen LogP contribution in [0, 0.1) is 11.6 Å².